The molecule has 11 nitrogen and oxygen atoms in total. The third kappa shape index (κ3) is 6.03. The number of anilines is 2. The van der Waals surface area contributed by atoms with Crippen LogP contribution in [0.4, 0.5) is 15.9 Å². The number of amides is 2. The lowest BCUT2D eigenvalue weighted by Gasteiger charge is -2.23. The Morgan fingerprint density at radius 2 is 1.75 bits per heavy atom. The highest BCUT2D eigenvalue weighted by Crippen LogP contribution is 2.18. The van der Waals surface area contributed by atoms with Crippen molar-refractivity contribution in [2.75, 3.05) is 30.3 Å². The fourth-order valence-electron chi connectivity index (χ4n) is 3.38. The van der Waals surface area contributed by atoms with Crippen LogP contribution in [0.25, 0.3) is 0 Å². The maximum Gasteiger partial charge on any atom is 0.330 e. The van der Waals surface area contributed by atoms with E-state index in [0.29, 0.717) is 0 Å². The Kier molecular flexibility index (Phi) is 8.34. The Labute approximate surface area is 204 Å². The van der Waals surface area contributed by atoms with Crippen molar-refractivity contribution in [1.29, 1.82) is 0 Å². The molecule has 0 spiro atoms. The minimum Gasteiger partial charge on any atom is -0.454 e. The Morgan fingerprint density at radius 3 is 2.42 bits per heavy atom. The average Bonchev–Trinajstić information content (AvgIpc) is 2.87. The van der Waals surface area contributed by atoms with Gasteiger partial charge in [-0.05, 0) is 24.6 Å². The van der Waals surface area contributed by atoms with Crippen LogP contribution in [0, 0.1) is 5.82 Å². The van der Waals surface area contributed by atoms with Gasteiger partial charge < -0.3 is 20.7 Å². The zero-order chi connectivity index (χ0) is 26.2. The molecule has 0 radical (unpaired) electrons. The number of carbonyl (C=O) groups is 3. The summed E-state index contributed by atoms with van der Waals surface area (Å²) in [5.74, 6) is -3.56. The number of hydrogen-bond acceptors (Lipinski definition) is 7. The molecule has 3 aromatic rings. The van der Waals surface area contributed by atoms with Crippen LogP contribution in [0.3, 0.4) is 0 Å². The van der Waals surface area contributed by atoms with Crippen LogP contribution in [-0.2, 0) is 20.9 Å². The summed E-state index contributed by atoms with van der Waals surface area (Å²) < 4.78 is 19.7. The van der Waals surface area contributed by atoms with E-state index in [0.717, 1.165) is 21.1 Å². The van der Waals surface area contributed by atoms with E-state index in [1.54, 1.807) is 37.3 Å². The van der Waals surface area contributed by atoms with Gasteiger partial charge in [0, 0.05) is 6.54 Å². The van der Waals surface area contributed by atoms with Gasteiger partial charge in [-0.1, -0.05) is 42.5 Å². The molecule has 0 aliphatic carbocycles. The van der Waals surface area contributed by atoms with Crippen LogP contribution in [0.5, 0.6) is 0 Å². The van der Waals surface area contributed by atoms with Crippen LogP contribution >= 0.6 is 0 Å². The number of carbonyl (C=O) groups excluding carboxylic acids is 3. The molecular formula is C24H24FN5O6. The molecule has 36 heavy (non-hydrogen) atoms. The van der Waals surface area contributed by atoms with Gasteiger partial charge in [0.2, 0.25) is 0 Å². The monoisotopic (exact) mass is 497 g/mol. The highest BCUT2D eigenvalue weighted by atomic mass is 19.1. The highest BCUT2D eigenvalue weighted by Gasteiger charge is 2.24. The van der Waals surface area contributed by atoms with E-state index in [2.05, 4.69) is 10.3 Å². The zero-order valence-electron chi connectivity index (χ0n) is 19.3. The van der Waals surface area contributed by atoms with E-state index >= 15 is 0 Å². The minimum absolute atomic E-state index is 0.0166. The first-order valence-corrected chi connectivity index (χ1v) is 10.9. The molecular weight excluding hydrogens is 473 g/mol. The number of ether oxygens (including phenoxy) is 1. The molecule has 0 saturated carbocycles. The summed E-state index contributed by atoms with van der Waals surface area (Å²) in [7, 11) is 0. The van der Waals surface area contributed by atoms with Crippen molar-refractivity contribution in [3.8, 4) is 0 Å². The standard InChI is InChI=1S/C24H24FN5O6/c1-2-29(18(31)14-36-19(32)12-27-22(33)16-10-6-7-11-17(16)25)20-21(26)30(24(35)28-23(20)34)13-15-8-4-3-5-9-15/h3-11H,2,12-14,26H2,1H3,(H,27,33)(H,28,34,35). The molecule has 188 valence electrons. The van der Waals surface area contributed by atoms with Gasteiger partial charge in [-0.2, -0.15) is 0 Å². The van der Waals surface area contributed by atoms with Gasteiger partial charge in [0.05, 0.1) is 12.1 Å². The quantitative estimate of drug-likeness (QED) is 0.366. The van der Waals surface area contributed by atoms with Crippen LogP contribution in [0.1, 0.15) is 22.8 Å². The number of hydrogen-bond donors (Lipinski definition) is 3. The Balaban J connectivity index is 1.68. The molecule has 4 N–H and O–H groups in total. The number of nitrogens with zero attached hydrogens (tertiary/aromatic N) is 2. The molecule has 0 aliphatic heterocycles. The Hall–Kier alpha value is -4.74. The largest absolute Gasteiger partial charge is 0.454 e. The topological polar surface area (TPSA) is 157 Å². The Morgan fingerprint density at radius 1 is 1.08 bits per heavy atom. The summed E-state index contributed by atoms with van der Waals surface area (Å²) in [6.07, 6.45) is 0. The minimum atomic E-state index is -0.958. The summed E-state index contributed by atoms with van der Waals surface area (Å²) in [4.78, 5) is 64.8. The average molecular weight is 497 g/mol. The number of nitrogens with two attached hydrogens (primary N) is 1. The molecule has 0 atom stereocenters. The normalized spacial score (nSPS) is 10.5. The van der Waals surface area contributed by atoms with Crippen molar-refractivity contribution in [1.82, 2.24) is 14.9 Å². The predicted molar refractivity (Wildman–Crippen MR) is 129 cm³/mol. The summed E-state index contributed by atoms with van der Waals surface area (Å²) in [6, 6.07) is 14.1. The first kappa shape index (κ1) is 25.9. The maximum absolute atomic E-state index is 13.7. The lowest BCUT2D eigenvalue weighted by molar-refractivity contribution is -0.146. The number of benzene rings is 2. The summed E-state index contributed by atoms with van der Waals surface area (Å²) >= 11 is 0. The van der Waals surface area contributed by atoms with Crippen molar-refractivity contribution in [2.24, 2.45) is 0 Å². The molecule has 0 aliphatic rings. The fourth-order valence-corrected chi connectivity index (χ4v) is 3.38. The van der Waals surface area contributed by atoms with Crippen molar-refractivity contribution in [3.05, 3.63) is 92.4 Å². The van der Waals surface area contributed by atoms with Crippen LogP contribution in [-0.4, -0.2) is 47.0 Å². The van der Waals surface area contributed by atoms with Gasteiger partial charge in [0.1, 0.15) is 18.2 Å². The highest BCUT2D eigenvalue weighted by molar-refractivity contribution is 5.98. The van der Waals surface area contributed by atoms with Gasteiger partial charge in [-0.3, -0.25) is 28.7 Å². The maximum atomic E-state index is 13.7. The number of rotatable bonds is 9. The van der Waals surface area contributed by atoms with Crippen molar-refractivity contribution in [2.45, 2.75) is 13.5 Å². The molecule has 0 saturated heterocycles. The number of likely N-dealkylation sites (N-methyl/N-ethyl adjacent to an activating group) is 1. The van der Waals surface area contributed by atoms with E-state index in [1.165, 1.54) is 18.2 Å². The third-order valence-electron chi connectivity index (χ3n) is 5.15. The Bertz CT molecular complexity index is 1390. The van der Waals surface area contributed by atoms with E-state index in [9.17, 15) is 28.4 Å². The van der Waals surface area contributed by atoms with Gasteiger partial charge in [-0.15, -0.1) is 0 Å². The van der Waals surface area contributed by atoms with E-state index < -0.39 is 48.0 Å². The van der Waals surface area contributed by atoms with Crippen LogP contribution < -0.4 is 27.2 Å². The zero-order valence-corrected chi connectivity index (χ0v) is 19.3. The smallest absolute Gasteiger partial charge is 0.330 e. The summed E-state index contributed by atoms with van der Waals surface area (Å²) in [5.41, 5.74) is 4.72. The third-order valence-corrected chi connectivity index (χ3v) is 5.15. The molecule has 1 heterocycles. The van der Waals surface area contributed by atoms with Crippen LogP contribution in [0.2, 0.25) is 0 Å². The SMILES string of the molecule is CCN(C(=O)COC(=O)CNC(=O)c1ccccc1F)c1c(N)n(Cc2ccccc2)c(=O)[nH]c1=O. The molecule has 2 amide bonds. The number of nitrogens with one attached hydrogen (secondary N) is 2. The second-order valence-electron chi connectivity index (χ2n) is 7.53. The number of halogens is 1. The number of aromatic nitrogens is 2. The number of H-pyrrole nitrogens is 1. The van der Waals surface area contributed by atoms with Gasteiger partial charge in [0.15, 0.2) is 12.3 Å². The van der Waals surface area contributed by atoms with E-state index in [4.69, 9.17) is 10.5 Å². The molecule has 2 aromatic carbocycles. The van der Waals surface area contributed by atoms with Crippen LogP contribution in [0.15, 0.2) is 64.2 Å². The van der Waals surface area contributed by atoms with Gasteiger partial charge in [0.25, 0.3) is 17.4 Å². The summed E-state index contributed by atoms with van der Waals surface area (Å²) in [5, 5.41) is 2.20. The molecule has 0 fully saturated rings. The molecule has 1 aromatic heterocycles. The van der Waals surface area contributed by atoms with Crippen molar-refractivity contribution >= 4 is 29.3 Å². The molecule has 0 unspecified atom stereocenters. The van der Waals surface area contributed by atoms with Crippen molar-refractivity contribution in [3.63, 3.8) is 0 Å². The number of esters is 1. The number of aromatic amines is 1. The van der Waals surface area contributed by atoms with Crippen molar-refractivity contribution < 1.29 is 23.5 Å². The lowest BCUT2D eigenvalue weighted by Crippen LogP contribution is -2.43. The lowest BCUT2D eigenvalue weighted by atomic mass is 10.2. The second-order valence-corrected chi connectivity index (χ2v) is 7.53. The van der Waals surface area contributed by atoms with Gasteiger partial charge >= 0.3 is 11.7 Å². The first-order valence-electron chi connectivity index (χ1n) is 10.9. The molecule has 3 rings (SSSR count). The predicted octanol–water partition coefficient (Wildman–Crippen LogP) is 0.632. The molecule has 12 heteroatoms. The van der Waals surface area contributed by atoms with E-state index in [1.807, 2.05) is 0 Å². The summed E-state index contributed by atoms with van der Waals surface area (Å²) in [6.45, 7) is 0.227. The number of nitrogen functional groups attached to an aromatic ring is 1. The second kappa shape index (κ2) is 11.6. The fraction of sp³-hybridized carbons (Fsp3) is 0.208. The molecule has 0 bridgehead atoms. The van der Waals surface area contributed by atoms with E-state index in [-0.39, 0.29) is 30.2 Å². The first-order chi connectivity index (χ1) is 17.2. The van der Waals surface area contributed by atoms with Gasteiger partial charge in [-0.25, -0.2) is 9.18 Å².